The molecule has 0 aliphatic rings. The van der Waals surface area contributed by atoms with Crippen molar-refractivity contribution in [3.63, 3.8) is 0 Å². The van der Waals surface area contributed by atoms with Gasteiger partial charge in [0.25, 0.3) is 0 Å². The van der Waals surface area contributed by atoms with Gasteiger partial charge in [0.15, 0.2) is 5.96 Å². The Morgan fingerprint density at radius 3 is 2.44 bits per heavy atom. The highest BCUT2D eigenvalue weighted by molar-refractivity contribution is 14.0. The van der Waals surface area contributed by atoms with Gasteiger partial charge < -0.3 is 15.6 Å². The molecule has 4 aromatic rings. The van der Waals surface area contributed by atoms with Crippen molar-refractivity contribution in [1.29, 1.82) is 0 Å². The molecular weight excluding hydrogens is 513 g/mol. The minimum Gasteiger partial charge on any atom is -0.352 e. The van der Waals surface area contributed by atoms with Crippen molar-refractivity contribution in [3.8, 4) is 16.9 Å². The molecule has 2 aromatic carbocycles. The molecule has 0 saturated heterocycles. The molecule has 0 atom stereocenters. The number of guanidine groups is 1. The molecule has 0 unspecified atom stereocenters. The van der Waals surface area contributed by atoms with Gasteiger partial charge in [-0.05, 0) is 37.1 Å². The van der Waals surface area contributed by atoms with Gasteiger partial charge in [0.1, 0.15) is 5.82 Å². The third-order valence-electron chi connectivity index (χ3n) is 5.04. The molecule has 8 heteroatoms. The lowest BCUT2D eigenvalue weighted by molar-refractivity contribution is 0.767. The van der Waals surface area contributed by atoms with E-state index in [-0.39, 0.29) is 24.0 Å². The summed E-state index contributed by atoms with van der Waals surface area (Å²) in [5.41, 5.74) is 6.44. The Labute approximate surface area is 205 Å². The van der Waals surface area contributed by atoms with Crippen molar-refractivity contribution in [2.24, 2.45) is 4.99 Å². The van der Waals surface area contributed by atoms with Gasteiger partial charge in [-0.1, -0.05) is 48.5 Å². The van der Waals surface area contributed by atoms with E-state index in [9.17, 15) is 0 Å². The van der Waals surface area contributed by atoms with Crippen LogP contribution in [-0.2, 0) is 13.1 Å². The number of nitrogens with one attached hydrogen (secondary N) is 3. The van der Waals surface area contributed by atoms with Crippen molar-refractivity contribution < 1.29 is 0 Å². The Hall–Kier alpha value is -3.14. The van der Waals surface area contributed by atoms with E-state index in [0.29, 0.717) is 19.0 Å². The quantitative estimate of drug-likeness (QED) is 0.193. The molecule has 0 fully saturated rings. The zero-order valence-corrected chi connectivity index (χ0v) is 20.8. The molecule has 0 spiro atoms. The molecule has 7 nitrogen and oxygen atoms in total. The fraction of sp³-hybridized carbons (Fsp3) is 0.208. The summed E-state index contributed by atoms with van der Waals surface area (Å²) in [6.07, 6.45) is 1.85. The molecule has 4 rings (SSSR count). The van der Waals surface area contributed by atoms with Crippen LogP contribution in [0.25, 0.3) is 16.9 Å². The van der Waals surface area contributed by atoms with E-state index < -0.39 is 0 Å². The maximum atomic E-state index is 4.62. The zero-order chi connectivity index (χ0) is 21.6. The van der Waals surface area contributed by atoms with Crippen LogP contribution < -0.4 is 10.6 Å². The fourth-order valence-electron chi connectivity index (χ4n) is 3.52. The molecule has 32 heavy (non-hydrogen) atoms. The van der Waals surface area contributed by atoms with Crippen LogP contribution in [0.5, 0.6) is 0 Å². The molecule has 0 amide bonds. The summed E-state index contributed by atoms with van der Waals surface area (Å²) in [4.78, 5) is 12.2. The summed E-state index contributed by atoms with van der Waals surface area (Å²) in [6, 6.07) is 20.5. The van der Waals surface area contributed by atoms with Gasteiger partial charge in [0.2, 0.25) is 0 Å². The summed E-state index contributed by atoms with van der Waals surface area (Å²) >= 11 is 0. The number of hydrogen-bond acceptors (Lipinski definition) is 3. The number of halogens is 1. The summed E-state index contributed by atoms with van der Waals surface area (Å²) in [7, 11) is 1.76. The van der Waals surface area contributed by atoms with E-state index >= 15 is 0 Å². The maximum absolute atomic E-state index is 4.62. The molecule has 0 radical (unpaired) electrons. The number of aryl methyl sites for hydroxylation is 2. The number of rotatable bonds is 6. The molecule has 0 aliphatic heterocycles. The fourth-order valence-corrected chi connectivity index (χ4v) is 3.52. The second kappa shape index (κ2) is 10.9. The highest BCUT2D eigenvalue weighted by atomic mass is 127. The van der Waals surface area contributed by atoms with Gasteiger partial charge in [-0.15, -0.1) is 24.0 Å². The Morgan fingerprint density at radius 1 is 1.00 bits per heavy atom. The lowest BCUT2D eigenvalue weighted by atomic mass is 10.1. The molecule has 0 saturated carbocycles. The molecular formula is C24H28IN7. The number of para-hydroxylation sites is 1. The van der Waals surface area contributed by atoms with Crippen molar-refractivity contribution in [2.75, 3.05) is 7.05 Å². The topological polar surface area (TPSA) is 82.9 Å². The first kappa shape index (κ1) is 23.5. The van der Waals surface area contributed by atoms with Crippen LogP contribution in [0.2, 0.25) is 0 Å². The number of aromatic amines is 1. The van der Waals surface area contributed by atoms with Crippen LogP contribution in [-0.4, -0.2) is 32.8 Å². The Morgan fingerprint density at radius 2 is 1.72 bits per heavy atom. The van der Waals surface area contributed by atoms with E-state index in [1.54, 1.807) is 7.05 Å². The van der Waals surface area contributed by atoms with E-state index in [1.165, 1.54) is 0 Å². The van der Waals surface area contributed by atoms with Gasteiger partial charge in [-0.3, -0.25) is 4.99 Å². The molecule has 2 aromatic heterocycles. The van der Waals surface area contributed by atoms with Crippen LogP contribution in [0.3, 0.4) is 0 Å². The monoisotopic (exact) mass is 541 g/mol. The first-order valence-corrected chi connectivity index (χ1v) is 10.3. The van der Waals surface area contributed by atoms with E-state index in [0.717, 1.165) is 39.7 Å². The molecule has 2 heterocycles. The highest BCUT2D eigenvalue weighted by Crippen LogP contribution is 2.17. The van der Waals surface area contributed by atoms with Gasteiger partial charge in [-0.25, -0.2) is 9.67 Å². The van der Waals surface area contributed by atoms with Crippen molar-refractivity contribution >= 4 is 29.9 Å². The van der Waals surface area contributed by atoms with Gasteiger partial charge in [0.05, 0.1) is 29.8 Å². The number of benzene rings is 2. The molecule has 3 N–H and O–H groups in total. The predicted molar refractivity (Wildman–Crippen MR) is 140 cm³/mol. The third-order valence-corrected chi connectivity index (χ3v) is 5.04. The van der Waals surface area contributed by atoms with Crippen molar-refractivity contribution in [1.82, 2.24) is 30.4 Å². The number of H-pyrrole nitrogens is 1. The van der Waals surface area contributed by atoms with Gasteiger partial charge in [0, 0.05) is 19.3 Å². The van der Waals surface area contributed by atoms with Crippen LogP contribution in [0.4, 0.5) is 0 Å². The Kier molecular flexibility index (Phi) is 8.04. The second-order valence-electron chi connectivity index (χ2n) is 7.36. The normalized spacial score (nSPS) is 11.2. The van der Waals surface area contributed by atoms with Gasteiger partial charge in [-0.2, -0.15) is 5.10 Å². The maximum Gasteiger partial charge on any atom is 0.191 e. The molecule has 166 valence electrons. The lowest BCUT2D eigenvalue weighted by Gasteiger charge is -2.14. The van der Waals surface area contributed by atoms with Gasteiger partial charge >= 0.3 is 0 Å². The Bertz CT molecular complexity index is 1180. The van der Waals surface area contributed by atoms with Crippen LogP contribution in [0.15, 0.2) is 71.9 Å². The number of aliphatic imine (C=N–C) groups is 1. The first-order chi connectivity index (χ1) is 15.1. The third kappa shape index (κ3) is 5.56. The molecule has 0 aliphatic carbocycles. The van der Waals surface area contributed by atoms with Crippen molar-refractivity contribution in [3.05, 3.63) is 89.6 Å². The molecule has 0 bridgehead atoms. The van der Waals surface area contributed by atoms with Crippen molar-refractivity contribution in [2.45, 2.75) is 26.9 Å². The number of nitrogens with zero attached hydrogens (tertiary/aromatic N) is 4. The summed E-state index contributed by atoms with van der Waals surface area (Å²) < 4.78 is 1.98. The standard InChI is InChI=1S/C24H27N7.HI/c1-17-13-18(2)31(30-17)22-12-8-7-11-20(22)14-27-24(25-3)28-16-23-26-15-21(29-23)19-9-5-4-6-10-19;/h4-13,15H,14,16H2,1-3H3,(H,26,29)(H2,25,27,28);1H. The zero-order valence-electron chi connectivity index (χ0n) is 18.5. The first-order valence-electron chi connectivity index (χ1n) is 10.3. The smallest absolute Gasteiger partial charge is 0.191 e. The van der Waals surface area contributed by atoms with Crippen LogP contribution in [0, 0.1) is 13.8 Å². The van der Waals surface area contributed by atoms with E-state index in [1.807, 2.05) is 48.1 Å². The minimum atomic E-state index is 0. The predicted octanol–water partition coefficient (Wildman–Crippen LogP) is 4.36. The van der Waals surface area contributed by atoms with E-state index in [2.05, 4.69) is 67.9 Å². The minimum absolute atomic E-state index is 0. The van der Waals surface area contributed by atoms with Crippen LogP contribution in [0.1, 0.15) is 22.8 Å². The van der Waals surface area contributed by atoms with Crippen LogP contribution >= 0.6 is 24.0 Å². The second-order valence-corrected chi connectivity index (χ2v) is 7.36. The number of aromatic nitrogens is 4. The summed E-state index contributed by atoms with van der Waals surface area (Å²) in [5.74, 6) is 1.56. The average Bonchev–Trinajstić information content (AvgIpc) is 3.40. The highest BCUT2D eigenvalue weighted by Gasteiger charge is 2.10. The number of imidazole rings is 1. The largest absolute Gasteiger partial charge is 0.352 e. The Balaban J connectivity index is 0.00000289. The van der Waals surface area contributed by atoms with E-state index in [4.69, 9.17) is 0 Å². The number of hydrogen-bond donors (Lipinski definition) is 3. The summed E-state index contributed by atoms with van der Waals surface area (Å²) in [5, 5.41) is 11.3. The SMILES string of the molecule is CN=C(NCc1ncc(-c2ccccc2)[nH]1)NCc1ccccc1-n1nc(C)cc1C.I. The summed E-state index contributed by atoms with van der Waals surface area (Å²) in [6.45, 7) is 5.25. The average molecular weight is 541 g/mol. The lowest BCUT2D eigenvalue weighted by Crippen LogP contribution is -2.36.